The highest BCUT2D eigenvalue weighted by atomic mass is 32.2. The van der Waals surface area contributed by atoms with Gasteiger partial charge in [-0.05, 0) is 58.3 Å². The van der Waals surface area contributed by atoms with Crippen LogP contribution in [0, 0.1) is 0 Å². The van der Waals surface area contributed by atoms with Crippen molar-refractivity contribution in [2.75, 3.05) is 23.3 Å². The van der Waals surface area contributed by atoms with Gasteiger partial charge in [-0.2, -0.15) is 14.4 Å². The molecule has 1 saturated heterocycles. The van der Waals surface area contributed by atoms with Crippen molar-refractivity contribution in [1.82, 2.24) is 24.1 Å². The number of aliphatic hydroxyl groups is 1. The third kappa shape index (κ3) is 3.90. The third-order valence-electron chi connectivity index (χ3n) is 8.29. The summed E-state index contributed by atoms with van der Waals surface area (Å²) in [6.07, 6.45) is 10.6. The molecule has 1 amide bonds. The van der Waals surface area contributed by atoms with Gasteiger partial charge in [-0.1, -0.05) is 0 Å². The van der Waals surface area contributed by atoms with E-state index in [1.165, 1.54) is 21.4 Å². The number of nitrogens with one attached hydrogen (secondary N) is 1. The first-order valence-electron chi connectivity index (χ1n) is 12.8. The third-order valence-corrected chi connectivity index (χ3v) is 10.1. The van der Waals surface area contributed by atoms with Crippen molar-refractivity contribution in [3.63, 3.8) is 0 Å². The van der Waals surface area contributed by atoms with Crippen LogP contribution in [0.5, 0.6) is 0 Å². The van der Waals surface area contributed by atoms with E-state index in [-0.39, 0.29) is 22.9 Å². The molecule has 36 heavy (non-hydrogen) atoms. The van der Waals surface area contributed by atoms with Crippen LogP contribution in [0.2, 0.25) is 0 Å². The molecule has 4 heterocycles. The van der Waals surface area contributed by atoms with Gasteiger partial charge in [0.2, 0.25) is 21.9 Å². The van der Waals surface area contributed by atoms with E-state index < -0.39 is 21.0 Å². The number of sulfonamides is 1. The molecular weight excluding hydrogens is 482 g/mol. The van der Waals surface area contributed by atoms with Crippen molar-refractivity contribution in [2.45, 2.75) is 86.3 Å². The molecule has 11 nitrogen and oxygen atoms in total. The number of carbonyl (C=O) groups is 1. The highest BCUT2D eigenvalue weighted by Gasteiger charge is 2.61. The van der Waals surface area contributed by atoms with E-state index in [2.05, 4.69) is 15.4 Å². The number of piperidine rings is 1. The van der Waals surface area contributed by atoms with Crippen LogP contribution in [-0.2, 0) is 27.3 Å². The average Bonchev–Trinajstić information content (AvgIpc) is 3.45. The number of nitrogens with zero attached hydrogens (tertiary/aromatic N) is 6. The predicted octanol–water partition coefficient (Wildman–Crippen LogP) is 1.55. The standard InChI is InChI=1S/C24H33N7O4S/c1-23(33)7-3-4-17(12-23)31-20-19(24(8-9-24)21(31)32)14-25-22(28-20)27-16-5-10-30(11-6-16)36(34,35)18-13-26-29(2)15-18/h13-17,33H,3-12H2,1-2H3,(H,25,27,28)/t17?,23-/m1/s1. The van der Waals surface area contributed by atoms with Crippen molar-refractivity contribution < 1.29 is 18.3 Å². The largest absolute Gasteiger partial charge is 0.390 e. The lowest BCUT2D eigenvalue weighted by Crippen LogP contribution is -2.47. The van der Waals surface area contributed by atoms with Crippen LogP contribution >= 0.6 is 0 Å². The Morgan fingerprint density at radius 1 is 1.14 bits per heavy atom. The zero-order valence-corrected chi connectivity index (χ0v) is 21.5. The van der Waals surface area contributed by atoms with Crippen LogP contribution < -0.4 is 10.2 Å². The normalized spacial score (nSPS) is 28.5. The minimum atomic E-state index is -3.56. The van der Waals surface area contributed by atoms with Crippen LogP contribution in [-0.4, -0.2) is 74.3 Å². The molecule has 12 heteroatoms. The SMILES string of the molecule is Cn1cc(S(=O)(=O)N2CCC(Nc3ncc4c(n3)N(C3CCC[C@@](C)(O)C3)C(=O)C43CC3)CC2)cn1. The Hall–Kier alpha value is -2.57. The summed E-state index contributed by atoms with van der Waals surface area (Å²) >= 11 is 0. The Balaban J connectivity index is 1.17. The molecule has 6 rings (SSSR count). The van der Waals surface area contributed by atoms with Gasteiger partial charge in [-0.25, -0.2) is 13.4 Å². The minimum Gasteiger partial charge on any atom is -0.390 e. The van der Waals surface area contributed by atoms with Gasteiger partial charge in [0.15, 0.2) is 0 Å². The summed E-state index contributed by atoms with van der Waals surface area (Å²) < 4.78 is 28.8. The van der Waals surface area contributed by atoms with E-state index in [0.717, 1.165) is 37.7 Å². The number of anilines is 2. The van der Waals surface area contributed by atoms with Crippen LogP contribution in [0.1, 0.15) is 63.9 Å². The topological polar surface area (TPSA) is 134 Å². The van der Waals surface area contributed by atoms with Crippen molar-refractivity contribution >= 4 is 27.7 Å². The first-order valence-corrected chi connectivity index (χ1v) is 14.2. The molecule has 2 atom stereocenters. The van der Waals surface area contributed by atoms with Gasteiger partial charge < -0.3 is 10.4 Å². The molecule has 2 aliphatic carbocycles. The number of hydrogen-bond acceptors (Lipinski definition) is 8. The van der Waals surface area contributed by atoms with E-state index in [0.29, 0.717) is 44.1 Å². The molecule has 2 aromatic rings. The lowest BCUT2D eigenvalue weighted by atomic mass is 9.82. The quantitative estimate of drug-likeness (QED) is 0.613. The number of amides is 1. The molecule has 194 valence electrons. The maximum absolute atomic E-state index is 13.5. The Morgan fingerprint density at radius 2 is 1.89 bits per heavy atom. The fraction of sp³-hybridized carbons (Fsp3) is 0.667. The molecule has 0 radical (unpaired) electrons. The maximum atomic E-state index is 13.5. The number of carbonyl (C=O) groups excluding carboxylic acids is 1. The Morgan fingerprint density at radius 3 is 2.53 bits per heavy atom. The fourth-order valence-corrected chi connectivity index (χ4v) is 7.56. The first-order chi connectivity index (χ1) is 17.1. The van der Waals surface area contributed by atoms with Gasteiger partial charge in [0.05, 0.1) is 17.2 Å². The monoisotopic (exact) mass is 515 g/mol. The van der Waals surface area contributed by atoms with Gasteiger partial charge in [0.1, 0.15) is 10.7 Å². The lowest BCUT2D eigenvalue weighted by Gasteiger charge is -2.38. The summed E-state index contributed by atoms with van der Waals surface area (Å²) in [5, 5.41) is 18.0. The molecule has 2 aliphatic heterocycles. The van der Waals surface area contributed by atoms with E-state index in [1.807, 2.05) is 11.8 Å². The van der Waals surface area contributed by atoms with Gasteiger partial charge in [0, 0.05) is 50.2 Å². The second kappa shape index (κ2) is 8.22. The van der Waals surface area contributed by atoms with Crippen molar-refractivity contribution in [3.05, 3.63) is 24.2 Å². The van der Waals surface area contributed by atoms with E-state index in [4.69, 9.17) is 4.98 Å². The van der Waals surface area contributed by atoms with Gasteiger partial charge >= 0.3 is 0 Å². The van der Waals surface area contributed by atoms with E-state index in [1.54, 1.807) is 13.2 Å². The minimum absolute atomic E-state index is 0.0271. The van der Waals surface area contributed by atoms with Crippen LogP contribution in [0.25, 0.3) is 0 Å². The Bertz CT molecular complexity index is 1300. The van der Waals surface area contributed by atoms with Crippen molar-refractivity contribution in [3.8, 4) is 0 Å². The predicted molar refractivity (Wildman–Crippen MR) is 132 cm³/mol. The molecule has 0 aromatic carbocycles. The second-order valence-corrected chi connectivity index (χ2v) is 13.0. The molecule has 1 unspecified atom stereocenters. The number of rotatable bonds is 5. The number of aromatic nitrogens is 4. The van der Waals surface area contributed by atoms with Crippen LogP contribution in [0.15, 0.2) is 23.5 Å². The van der Waals surface area contributed by atoms with Gasteiger partial charge in [0.25, 0.3) is 0 Å². The molecule has 3 fully saturated rings. The summed E-state index contributed by atoms with van der Waals surface area (Å²) in [5.74, 6) is 1.23. The maximum Gasteiger partial charge on any atom is 0.246 e. The lowest BCUT2D eigenvalue weighted by molar-refractivity contribution is -0.121. The van der Waals surface area contributed by atoms with E-state index >= 15 is 0 Å². The second-order valence-electron chi connectivity index (χ2n) is 11.1. The van der Waals surface area contributed by atoms with Crippen LogP contribution in [0.3, 0.4) is 0 Å². The highest BCUT2D eigenvalue weighted by molar-refractivity contribution is 7.89. The molecule has 2 aromatic heterocycles. The number of fused-ring (bicyclic) bond motifs is 2. The molecule has 2 N–H and O–H groups in total. The van der Waals surface area contributed by atoms with Crippen molar-refractivity contribution in [1.29, 1.82) is 0 Å². The summed E-state index contributed by atoms with van der Waals surface area (Å²) in [6, 6.07) is -0.0390. The number of hydrogen-bond donors (Lipinski definition) is 2. The zero-order chi connectivity index (χ0) is 25.3. The zero-order valence-electron chi connectivity index (χ0n) is 20.7. The highest BCUT2D eigenvalue weighted by Crippen LogP contribution is 2.58. The van der Waals surface area contributed by atoms with Crippen LogP contribution in [0.4, 0.5) is 11.8 Å². The average molecular weight is 516 g/mol. The van der Waals surface area contributed by atoms with Gasteiger partial charge in [-0.15, -0.1) is 0 Å². The number of aryl methyl sites for hydroxylation is 1. The summed E-state index contributed by atoms with van der Waals surface area (Å²) in [4.78, 5) is 24.9. The Labute approximate surface area is 211 Å². The first kappa shape index (κ1) is 23.8. The molecule has 2 saturated carbocycles. The summed E-state index contributed by atoms with van der Waals surface area (Å²) in [7, 11) is -1.86. The Kier molecular flexibility index (Phi) is 5.44. The summed E-state index contributed by atoms with van der Waals surface area (Å²) in [6.45, 7) is 2.64. The molecule has 4 aliphatic rings. The van der Waals surface area contributed by atoms with Gasteiger partial charge in [-0.3, -0.25) is 14.4 Å². The summed E-state index contributed by atoms with van der Waals surface area (Å²) in [5.41, 5.74) is -0.356. The smallest absolute Gasteiger partial charge is 0.246 e. The molecular formula is C24H33N7O4S. The van der Waals surface area contributed by atoms with E-state index in [9.17, 15) is 18.3 Å². The molecule has 1 spiro atoms. The fourth-order valence-electron chi connectivity index (χ4n) is 6.11. The van der Waals surface area contributed by atoms with Crippen molar-refractivity contribution in [2.24, 2.45) is 7.05 Å². The molecule has 0 bridgehead atoms.